The predicted octanol–water partition coefficient (Wildman–Crippen LogP) is 7.84. The summed E-state index contributed by atoms with van der Waals surface area (Å²) in [5.74, 6) is -0.466. The summed E-state index contributed by atoms with van der Waals surface area (Å²) in [6.07, 6.45) is 18.1. The molecule has 0 aromatic heterocycles. The summed E-state index contributed by atoms with van der Waals surface area (Å²) in [6.45, 7) is 13.6. The first kappa shape index (κ1) is 24.8. The monoisotopic (exact) mass is 378 g/mol. The molecule has 0 unspecified atom stereocenters. The molecular weight excluding hydrogens is 331 g/mol. The fourth-order valence-electron chi connectivity index (χ4n) is 4.46. The van der Waals surface area contributed by atoms with E-state index in [1.54, 1.807) is 5.47 Å². The lowest BCUT2D eigenvalue weighted by atomic mass is 9.37. The highest BCUT2D eigenvalue weighted by Crippen LogP contribution is 2.37. The third-order valence-electron chi connectivity index (χ3n) is 6.16. The topological polar surface area (TPSA) is 18.5 Å². The fourth-order valence-corrected chi connectivity index (χ4v) is 4.46. The minimum absolute atomic E-state index is 0.466. The zero-order valence-electron chi connectivity index (χ0n) is 19.2. The molecule has 1 saturated heterocycles. The van der Waals surface area contributed by atoms with E-state index in [0.29, 0.717) is 0 Å². The average Bonchev–Trinajstić information content (AvgIpc) is 3.11. The van der Waals surface area contributed by atoms with Gasteiger partial charge in [-0.1, -0.05) is 104 Å². The molecule has 0 bridgehead atoms. The predicted molar refractivity (Wildman–Crippen MR) is 121 cm³/mol. The van der Waals surface area contributed by atoms with Crippen molar-refractivity contribution in [3.63, 3.8) is 0 Å². The quantitative estimate of drug-likeness (QED) is 0.201. The van der Waals surface area contributed by atoms with Crippen molar-refractivity contribution in [3.8, 4) is 0 Å². The molecule has 1 heterocycles. The third-order valence-corrected chi connectivity index (χ3v) is 6.16. The van der Waals surface area contributed by atoms with Gasteiger partial charge in [0, 0.05) is 0 Å². The van der Waals surface area contributed by atoms with Gasteiger partial charge in [-0.25, -0.2) is 0 Å². The standard InChI is InChI=1S/C24H47BO2/c1-6-10-14-15-16-22(24(5)26-20-21-27-24)23(17-11-7-2)25(18-12-8-3)19-13-9-4/h6-21H2,1-5H3/b23-22-. The van der Waals surface area contributed by atoms with Gasteiger partial charge in [-0.15, -0.1) is 0 Å². The van der Waals surface area contributed by atoms with E-state index in [1.165, 1.54) is 88.8 Å². The highest BCUT2D eigenvalue weighted by molar-refractivity contribution is 6.66. The highest BCUT2D eigenvalue weighted by atomic mass is 16.7. The second-order valence-corrected chi connectivity index (χ2v) is 8.54. The van der Waals surface area contributed by atoms with Crippen molar-refractivity contribution in [3.05, 3.63) is 11.0 Å². The van der Waals surface area contributed by atoms with Crippen LogP contribution in [0.1, 0.15) is 112 Å². The van der Waals surface area contributed by atoms with E-state index in [1.807, 2.05) is 0 Å². The molecule has 1 fully saturated rings. The summed E-state index contributed by atoms with van der Waals surface area (Å²) in [5, 5.41) is 0. The maximum absolute atomic E-state index is 6.20. The van der Waals surface area contributed by atoms with Crippen molar-refractivity contribution >= 4 is 6.71 Å². The summed E-state index contributed by atoms with van der Waals surface area (Å²) in [7, 11) is 0. The maximum atomic E-state index is 6.20. The third kappa shape index (κ3) is 8.73. The summed E-state index contributed by atoms with van der Waals surface area (Å²) in [4.78, 5) is 0. The number of hydrogen-bond donors (Lipinski definition) is 0. The number of unbranched alkanes of at least 4 members (excludes halogenated alkanes) is 6. The number of rotatable bonds is 16. The molecule has 27 heavy (non-hydrogen) atoms. The van der Waals surface area contributed by atoms with Crippen LogP contribution in [0.15, 0.2) is 11.0 Å². The Bertz CT molecular complexity index is 391. The molecule has 2 nitrogen and oxygen atoms in total. The molecule has 158 valence electrons. The Morgan fingerprint density at radius 1 is 0.704 bits per heavy atom. The molecule has 0 saturated carbocycles. The molecule has 1 aliphatic rings. The fraction of sp³-hybridized carbons (Fsp3) is 0.917. The molecule has 0 aliphatic carbocycles. The van der Waals surface area contributed by atoms with Crippen molar-refractivity contribution in [1.82, 2.24) is 0 Å². The molecule has 0 atom stereocenters. The number of allylic oxidation sites excluding steroid dienone is 1. The van der Waals surface area contributed by atoms with Gasteiger partial charge < -0.3 is 9.47 Å². The number of ether oxygens (including phenoxy) is 2. The van der Waals surface area contributed by atoms with E-state index in [-0.39, 0.29) is 0 Å². The minimum atomic E-state index is -0.466. The number of hydrogen-bond acceptors (Lipinski definition) is 2. The van der Waals surface area contributed by atoms with E-state index < -0.39 is 5.79 Å². The van der Waals surface area contributed by atoms with Crippen LogP contribution < -0.4 is 0 Å². The maximum Gasteiger partial charge on any atom is 0.187 e. The Balaban J connectivity index is 3.16. The Kier molecular flexibility index (Phi) is 13.5. The van der Waals surface area contributed by atoms with Gasteiger partial charge in [0.05, 0.1) is 13.2 Å². The second kappa shape index (κ2) is 14.7. The molecule has 0 spiro atoms. The highest BCUT2D eigenvalue weighted by Gasteiger charge is 2.38. The van der Waals surface area contributed by atoms with Crippen LogP contribution in [0.2, 0.25) is 12.6 Å². The lowest BCUT2D eigenvalue weighted by Crippen LogP contribution is -2.33. The van der Waals surface area contributed by atoms with Crippen molar-refractivity contribution in [2.45, 2.75) is 130 Å². The smallest absolute Gasteiger partial charge is 0.187 e. The first-order chi connectivity index (χ1) is 13.1. The van der Waals surface area contributed by atoms with Gasteiger partial charge in [-0.2, -0.15) is 0 Å². The van der Waals surface area contributed by atoms with Crippen molar-refractivity contribution in [2.24, 2.45) is 0 Å². The van der Waals surface area contributed by atoms with Crippen LogP contribution in [-0.2, 0) is 9.47 Å². The molecule has 0 N–H and O–H groups in total. The average molecular weight is 378 g/mol. The van der Waals surface area contributed by atoms with E-state index in [9.17, 15) is 0 Å². The SMILES string of the molecule is CCCCCC/C(=C(\CCCC)B(CCCC)CCCC)C1(C)OCCO1. The minimum Gasteiger partial charge on any atom is -0.344 e. The van der Waals surface area contributed by atoms with Gasteiger partial charge in [0.2, 0.25) is 0 Å². The van der Waals surface area contributed by atoms with Crippen LogP contribution in [0, 0.1) is 0 Å². The summed E-state index contributed by atoms with van der Waals surface area (Å²) < 4.78 is 12.4. The van der Waals surface area contributed by atoms with Gasteiger partial charge in [-0.3, -0.25) is 0 Å². The Labute approximate surface area is 170 Å². The normalized spacial score (nSPS) is 17.2. The van der Waals surface area contributed by atoms with Crippen molar-refractivity contribution < 1.29 is 9.47 Å². The lowest BCUT2D eigenvalue weighted by molar-refractivity contribution is -0.112. The Hall–Kier alpha value is -0.275. The van der Waals surface area contributed by atoms with Crippen molar-refractivity contribution in [1.29, 1.82) is 0 Å². The molecule has 1 rings (SSSR count). The Morgan fingerprint density at radius 2 is 1.26 bits per heavy atom. The van der Waals surface area contributed by atoms with Crippen molar-refractivity contribution in [2.75, 3.05) is 13.2 Å². The van der Waals surface area contributed by atoms with Gasteiger partial charge in [0.1, 0.15) is 0 Å². The molecular formula is C24H47BO2. The summed E-state index contributed by atoms with van der Waals surface area (Å²) >= 11 is 0. The second-order valence-electron chi connectivity index (χ2n) is 8.54. The first-order valence-electron chi connectivity index (χ1n) is 12.1. The van der Waals surface area contributed by atoms with Crippen LogP contribution in [0.25, 0.3) is 0 Å². The largest absolute Gasteiger partial charge is 0.344 e. The van der Waals surface area contributed by atoms with Gasteiger partial charge in [-0.05, 0) is 31.8 Å². The lowest BCUT2D eigenvalue weighted by Gasteiger charge is -2.32. The van der Waals surface area contributed by atoms with E-state index >= 15 is 0 Å². The molecule has 0 aromatic rings. The van der Waals surface area contributed by atoms with Crippen LogP contribution in [0.3, 0.4) is 0 Å². The zero-order valence-corrected chi connectivity index (χ0v) is 19.2. The summed E-state index contributed by atoms with van der Waals surface area (Å²) in [5.41, 5.74) is 3.22. The zero-order chi connectivity index (χ0) is 20.0. The van der Waals surface area contributed by atoms with Crippen LogP contribution in [0.5, 0.6) is 0 Å². The Morgan fingerprint density at radius 3 is 1.78 bits per heavy atom. The van der Waals surface area contributed by atoms with E-state index in [0.717, 1.165) is 26.3 Å². The molecule has 0 aromatic carbocycles. The van der Waals surface area contributed by atoms with E-state index in [4.69, 9.17) is 9.47 Å². The molecule has 3 heteroatoms. The van der Waals surface area contributed by atoms with Crippen LogP contribution in [0.4, 0.5) is 0 Å². The molecule has 0 radical (unpaired) electrons. The van der Waals surface area contributed by atoms with E-state index in [2.05, 4.69) is 34.6 Å². The molecule has 0 amide bonds. The van der Waals surface area contributed by atoms with Gasteiger partial charge >= 0.3 is 0 Å². The van der Waals surface area contributed by atoms with Crippen LogP contribution >= 0.6 is 0 Å². The van der Waals surface area contributed by atoms with Gasteiger partial charge in [0.15, 0.2) is 12.5 Å². The van der Waals surface area contributed by atoms with Crippen LogP contribution in [-0.4, -0.2) is 25.7 Å². The first-order valence-corrected chi connectivity index (χ1v) is 12.1. The van der Waals surface area contributed by atoms with Gasteiger partial charge in [0.25, 0.3) is 0 Å². The summed E-state index contributed by atoms with van der Waals surface area (Å²) in [6, 6.07) is 0. The molecule has 1 aliphatic heterocycles.